The summed E-state index contributed by atoms with van der Waals surface area (Å²) < 4.78 is 26.9. The van der Waals surface area contributed by atoms with Crippen molar-refractivity contribution in [3.63, 3.8) is 0 Å². The van der Waals surface area contributed by atoms with Crippen LogP contribution in [0.5, 0.6) is 0 Å². The third-order valence-electron chi connectivity index (χ3n) is 11.0. The van der Waals surface area contributed by atoms with Gasteiger partial charge in [0.05, 0.1) is 0 Å². The van der Waals surface area contributed by atoms with Crippen LogP contribution in [-0.4, -0.2) is 45.2 Å². The number of likely N-dealkylation sites (tertiary alicyclic amines) is 1. The van der Waals surface area contributed by atoms with Gasteiger partial charge in [-0.15, -0.1) is 0 Å². The summed E-state index contributed by atoms with van der Waals surface area (Å²) in [6, 6.07) is 4.63. The van der Waals surface area contributed by atoms with Crippen molar-refractivity contribution in [1.82, 2.24) is 19.6 Å². The third kappa shape index (κ3) is 11.0. The molecule has 1 unspecified atom stereocenters. The zero-order chi connectivity index (χ0) is 35.1. The first-order valence-corrected chi connectivity index (χ1v) is 20.0. The number of benzene rings is 1. The molecule has 0 spiro atoms. The van der Waals surface area contributed by atoms with Gasteiger partial charge in [-0.2, -0.15) is 0 Å². The summed E-state index contributed by atoms with van der Waals surface area (Å²) in [7, 11) is 0. The minimum atomic E-state index is -0.448. The van der Waals surface area contributed by atoms with Crippen LogP contribution in [0.1, 0.15) is 170 Å². The van der Waals surface area contributed by atoms with E-state index in [1.807, 2.05) is 6.92 Å². The molecule has 1 saturated heterocycles. The Morgan fingerprint density at radius 3 is 2.20 bits per heavy atom. The van der Waals surface area contributed by atoms with E-state index < -0.39 is 6.10 Å². The molecule has 9 heteroatoms. The molecular weight excluding hydrogens is 631 g/mol. The van der Waals surface area contributed by atoms with Gasteiger partial charge >= 0.3 is 5.97 Å². The molecule has 0 bridgehead atoms. The lowest BCUT2D eigenvalue weighted by molar-refractivity contribution is -0.151. The molecule has 276 valence electrons. The van der Waals surface area contributed by atoms with E-state index in [0.717, 1.165) is 74.1 Å². The molecule has 4 heterocycles. The Bertz CT molecular complexity index is 1540. The highest BCUT2D eigenvalue weighted by atomic mass is 19.1. The molecule has 8 nitrogen and oxygen atoms in total. The maximum Gasteiger partial charge on any atom is 0.306 e. The predicted molar refractivity (Wildman–Crippen MR) is 197 cm³/mol. The lowest BCUT2D eigenvalue weighted by Gasteiger charge is -2.31. The Labute approximate surface area is 298 Å². The van der Waals surface area contributed by atoms with Crippen molar-refractivity contribution in [2.75, 3.05) is 19.6 Å². The molecule has 1 aromatic carbocycles. The maximum absolute atomic E-state index is 13.6. The fourth-order valence-electron chi connectivity index (χ4n) is 7.92. The molecule has 50 heavy (non-hydrogen) atoms. The largest absolute Gasteiger partial charge is 0.454 e. The Hall–Kier alpha value is -3.07. The van der Waals surface area contributed by atoms with Gasteiger partial charge in [-0.3, -0.25) is 14.2 Å². The Morgan fingerprint density at radius 2 is 1.54 bits per heavy atom. The minimum absolute atomic E-state index is 0.00547. The first kappa shape index (κ1) is 38.2. The quantitative estimate of drug-likeness (QED) is 0.0811. The number of ether oxygens (including phenoxy) is 1. The number of nitrogens with zero attached hydrogens (tertiary/aromatic N) is 4. The number of carbonyl (C=O) groups excluding carboxylic acids is 1. The van der Waals surface area contributed by atoms with Gasteiger partial charge in [-0.1, -0.05) is 102 Å². The first-order valence-electron chi connectivity index (χ1n) is 20.0. The molecule has 5 rings (SSSR count). The average molecular weight is 693 g/mol. The number of unbranched alkanes of at least 4 members (excludes halogenated alkanes) is 14. The van der Waals surface area contributed by atoms with E-state index in [9.17, 15) is 14.0 Å². The second-order valence-electron chi connectivity index (χ2n) is 14.9. The second-order valence-corrected chi connectivity index (χ2v) is 14.9. The summed E-state index contributed by atoms with van der Waals surface area (Å²) in [4.78, 5) is 33.7. The van der Waals surface area contributed by atoms with Gasteiger partial charge in [-0.25, -0.2) is 9.37 Å². The summed E-state index contributed by atoms with van der Waals surface area (Å²) >= 11 is 0. The van der Waals surface area contributed by atoms with Crippen LogP contribution in [-0.2, 0) is 22.5 Å². The van der Waals surface area contributed by atoms with Crippen LogP contribution in [0.25, 0.3) is 10.9 Å². The number of hydrogen-bond donors (Lipinski definition) is 0. The molecule has 0 saturated carbocycles. The zero-order valence-electron chi connectivity index (χ0n) is 30.9. The molecular formula is C41H61FN4O4. The normalized spacial score (nSPS) is 17.0. The number of aryl methyl sites for hydroxylation is 1. The number of carbonyl (C=O) groups is 1. The zero-order valence-corrected chi connectivity index (χ0v) is 30.9. The van der Waals surface area contributed by atoms with Crippen molar-refractivity contribution in [2.45, 2.75) is 167 Å². The van der Waals surface area contributed by atoms with Gasteiger partial charge in [-0.05, 0) is 70.7 Å². The smallest absolute Gasteiger partial charge is 0.306 e. The van der Waals surface area contributed by atoms with E-state index in [4.69, 9.17) is 14.2 Å². The predicted octanol–water partition coefficient (Wildman–Crippen LogP) is 9.89. The molecule has 2 aliphatic rings. The fraction of sp³-hybridized carbons (Fsp3) is 0.707. The highest BCUT2D eigenvalue weighted by Gasteiger charge is 2.29. The van der Waals surface area contributed by atoms with E-state index in [2.05, 4.69) is 17.0 Å². The van der Waals surface area contributed by atoms with E-state index in [-0.39, 0.29) is 23.3 Å². The number of piperidine rings is 1. The lowest BCUT2D eigenvalue weighted by Crippen LogP contribution is -2.38. The van der Waals surface area contributed by atoms with Crippen molar-refractivity contribution in [2.24, 2.45) is 0 Å². The van der Waals surface area contributed by atoms with Crippen LogP contribution in [0.4, 0.5) is 4.39 Å². The highest BCUT2D eigenvalue weighted by Crippen LogP contribution is 2.34. The summed E-state index contributed by atoms with van der Waals surface area (Å²) in [5.74, 6) is 1.21. The monoisotopic (exact) mass is 692 g/mol. The number of fused-ring (bicyclic) bond motifs is 2. The summed E-state index contributed by atoms with van der Waals surface area (Å²) in [5, 5.41) is 4.96. The summed E-state index contributed by atoms with van der Waals surface area (Å²) in [6.45, 7) is 7.36. The number of esters is 1. The summed E-state index contributed by atoms with van der Waals surface area (Å²) in [6.07, 6.45) is 23.4. The molecule has 3 aromatic rings. The fourth-order valence-corrected chi connectivity index (χ4v) is 7.92. The number of halogens is 1. The lowest BCUT2D eigenvalue weighted by atomic mass is 9.92. The Balaban J connectivity index is 0.982. The average Bonchev–Trinajstić information content (AvgIpc) is 3.53. The number of rotatable bonds is 21. The van der Waals surface area contributed by atoms with Crippen LogP contribution >= 0.6 is 0 Å². The van der Waals surface area contributed by atoms with Crippen molar-refractivity contribution < 1.29 is 18.4 Å². The van der Waals surface area contributed by atoms with E-state index in [0.29, 0.717) is 37.1 Å². The number of hydrogen-bond acceptors (Lipinski definition) is 7. The molecule has 0 aliphatic carbocycles. The Kier molecular flexibility index (Phi) is 15.3. The summed E-state index contributed by atoms with van der Waals surface area (Å²) in [5.41, 5.74) is 2.06. The van der Waals surface area contributed by atoms with E-state index in [1.165, 1.54) is 95.6 Å². The topological polar surface area (TPSA) is 90.5 Å². The molecule has 0 amide bonds. The van der Waals surface area contributed by atoms with Gasteiger partial charge in [0.25, 0.3) is 5.56 Å². The van der Waals surface area contributed by atoms with Crippen molar-refractivity contribution in [3.05, 3.63) is 57.2 Å². The van der Waals surface area contributed by atoms with Crippen LogP contribution in [0.3, 0.4) is 0 Å². The SMILES string of the molecule is CCCCCCCCCCCCCCCCCC(=O)OC1CCCn2c1nc(C)c(CCN1CCC(c3onc4cc(F)ccc34)CC1)c2=O. The van der Waals surface area contributed by atoms with Gasteiger partial charge in [0, 0.05) is 48.1 Å². The van der Waals surface area contributed by atoms with Crippen molar-refractivity contribution >= 4 is 16.9 Å². The molecule has 2 aromatic heterocycles. The molecule has 1 fully saturated rings. The van der Waals surface area contributed by atoms with Crippen LogP contribution < -0.4 is 5.56 Å². The highest BCUT2D eigenvalue weighted by molar-refractivity contribution is 5.80. The second kappa shape index (κ2) is 20.1. The molecule has 1 atom stereocenters. The van der Waals surface area contributed by atoms with E-state index in [1.54, 1.807) is 10.6 Å². The van der Waals surface area contributed by atoms with Gasteiger partial charge in [0.1, 0.15) is 17.1 Å². The molecule has 0 radical (unpaired) electrons. The number of aromatic nitrogens is 3. The minimum Gasteiger partial charge on any atom is -0.454 e. The molecule has 0 N–H and O–H groups in total. The van der Waals surface area contributed by atoms with Crippen LogP contribution in [0.15, 0.2) is 27.5 Å². The Morgan fingerprint density at radius 1 is 0.900 bits per heavy atom. The van der Waals surface area contributed by atoms with Crippen LogP contribution in [0.2, 0.25) is 0 Å². The third-order valence-corrected chi connectivity index (χ3v) is 11.0. The van der Waals surface area contributed by atoms with Gasteiger partial charge < -0.3 is 14.2 Å². The van der Waals surface area contributed by atoms with Crippen molar-refractivity contribution in [3.8, 4) is 0 Å². The van der Waals surface area contributed by atoms with Crippen molar-refractivity contribution in [1.29, 1.82) is 0 Å². The molecule has 2 aliphatic heterocycles. The maximum atomic E-state index is 13.6. The van der Waals surface area contributed by atoms with Crippen LogP contribution in [0, 0.1) is 12.7 Å². The van der Waals surface area contributed by atoms with Gasteiger partial charge in [0.15, 0.2) is 11.9 Å². The first-order chi connectivity index (χ1) is 24.4. The standard InChI is InChI=1S/C41H61FN4O4/c1-3-4-5-6-7-8-9-10-11-12-13-14-15-16-17-20-38(47)49-37-19-18-26-46-40(37)43-31(2)34(41(46)48)25-29-45-27-23-32(24-28-45)39-35-22-21-33(42)30-36(35)44-50-39/h21-22,30,32,37H,3-20,23-29H2,1-2H3. The van der Waals surface area contributed by atoms with E-state index >= 15 is 0 Å². The van der Waals surface area contributed by atoms with Gasteiger partial charge in [0.2, 0.25) is 0 Å².